The molecule has 0 amide bonds. The van der Waals surface area contributed by atoms with Crippen LogP contribution in [0.1, 0.15) is 12.7 Å². The zero-order valence-electron chi connectivity index (χ0n) is 13.1. The van der Waals surface area contributed by atoms with E-state index in [0.29, 0.717) is 0 Å². The molecule has 2 rings (SSSR count). The van der Waals surface area contributed by atoms with E-state index in [-0.39, 0.29) is 24.0 Å². The van der Waals surface area contributed by atoms with Crippen molar-refractivity contribution < 1.29 is 0 Å². The van der Waals surface area contributed by atoms with Gasteiger partial charge >= 0.3 is 0 Å². The number of fused-ring (bicyclic) bond motifs is 1. The first-order chi connectivity index (χ1) is 10.3. The van der Waals surface area contributed by atoms with E-state index < -0.39 is 0 Å². The van der Waals surface area contributed by atoms with Gasteiger partial charge in [-0.05, 0) is 25.3 Å². The fourth-order valence-corrected chi connectivity index (χ4v) is 2.29. The van der Waals surface area contributed by atoms with Gasteiger partial charge in [-0.3, -0.25) is 4.99 Å². The van der Waals surface area contributed by atoms with Crippen LogP contribution in [-0.2, 0) is 6.42 Å². The van der Waals surface area contributed by atoms with Crippen LogP contribution in [-0.4, -0.2) is 47.6 Å². The number of nitrogens with zero attached hydrogens (tertiary/aromatic N) is 2. The minimum atomic E-state index is 0. The Morgan fingerprint density at radius 1 is 1.32 bits per heavy atom. The molecule has 2 aromatic rings. The van der Waals surface area contributed by atoms with E-state index in [9.17, 15) is 0 Å². The lowest BCUT2D eigenvalue weighted by Crippen LogP contribution is -2.38. The van der Waals surface area contributed by atoms with Crippen LogP contribution in [0.5, 0.6) is 0 Å². The second kappa shape index (κ2) is 10.7. The Kier molecular flexibility index (Phi) is 9.30. The number of H-pyrrole nitrogens is 1. The summed E-state index contributed by atoms with van der Waals surface area (Å²) < 4.78 is 0. The summed E-state index contributed by atoms with van der Waals surface area (Å²) in [4.78, 5) is 12.4. The molecule has 0 aliphatic rings. The van der Waals surface area contributed by atoms with E-state index in [0.717, 1.165) is 54.6 Å². The minimum Gasteiger partial charge on any atom is -0.357 e. The summed E-state index contributed by atoms with van der Waals surface area (Å²) >= 11 is 1.81. The molecule has 0 saturated heterocycles. The van der Waals surface area contributed by atoms with E-state index >= 15 is 0 Å². The van der Waals surface area contributed by atoms with Crippen molar-refractivity contribution in [2.24, 2.45) is 4.99 Å². The molecule has 0 fully saturated rings. The van der Waals surface area contributed by atoms with Crippen molar-refractivity contribution >= 4 is 52.7 Å². The molecule has 0 aliphatic heterocycles. The van der Waals surface area contributed by atoms with E-state index in [1.165, 1.54) is 0 Å². The number of guanidine groups is 1. The van der Waals surface area contributed by atoms with Gasteiger partial charge in [-0.15, -0.1) is 24.0 Å². The number of rotatable bonds is 7. The smallest absolute Gasteiger partial charge is 0.191 e. The highest BCUT2D eigenvalue weighted by Crippen LogP contribution is 2.10. The molecule has 7 heteroatoms. The van der Waals surface area contributed by atoms with Gasteiger partial charge in [0, 0.05) is 25.3 Å². The molecule has 0 spiro atoms. The van der Waals surface area contributed by atoms with Gasteiger partial charge in [-0.25, -0.2) is 4.98 Å². The maximum absolute atomic E-state index is 4.57. The quantitative estimate of drug-likeness (QED) is 0.272. The summed E-state index contributed by atoms with van der Waals surface area (Å²) in [6, 6.07) is 8.10. The number of nitrogens with one attached hydrogen (secondary N) is 3. The lowest BCUT2D eigenvalue weighted by molar-refractivity contribution is 0.783. The highest BCUT2D eigenvalue weighted by Gasteiger charge is 2.02. The molecule has 0 saturated carbocycles. The molecule has 0 unspecified atom stereocenters. The zero-order valence-corrected chi connectivity index (χ0v) is 16.2. The van der Waals surface area contributed by atoms with Crippen LogP contribution in [0.4, 0.5) is 0 Å². The van der Waals surface area contributed by atoms with Crippen molar-refractivity contribution in [2.45, 2.75) is 13.3 Å². The van der Waals surface area contributed by atoms with Crippen LogP contribution < -0.4 is 10.6 Å². The molecule has 0 atom stereocenters. The molecule has 5 nitrogen and oxygen atoms in total. The molecule has 0 bridgehead atoms. The van der Waals surface area contributed by atoms with Crippen molar-refractivity contribution in [3.8, 4) is 0 Å². The second-order valence-electron chi connectivity index (χ2n) is 4.63. The number of thioether (sulfide) groups is 1. The summed E-state index contributed by atoms with van der Waals surface area (Å²) in [5.74, 6) is 2.92. The second-order valence-corrected chi connectivity index (χ2v) is 5.62. The SMILES string of the molecule is CCNC(=NCCSC)NCCc1nc2ccccc2[nH]1.I. The Labute approximate surface area is 153 Å². The van der Waals surface area contributed by atoms with Gasteiger partial charge in [-0.1, -0.05) is 12.1 Å². The first-order valence-electron chi connectivity index (χ1n) is 7.28. The number of halogens is 1. The maximum Gasteiger partial charge on any atom is 0.191 e. The molecular formula is C15H24IN5S. The molecule has 3 N–H and O–H groups in total. The van der Waals surface area contributed by atoms with E-state index in [1.54, 1.807) is 0 Å². The number of imidazole rings is 1. The summed E-state index contributed by atoms with van der Waals surface area (Å²) in [5, 5.41) is 6.60. The first kappa shape index (κ1) is 19.1. The Balaban J connectivity index is 0.00000242. The Hall–Kier alpha value is -0.960. The molecule has 1 heterocycles. The number of para-hydroxylation sites is 2. The Morgan fingerprint density at radius 2 is 2.14 bits per heavy atom. The lowest BCUT2D eigenvalue weighted by atomic mass is 10.3. The number of benzene rings is 1. The van der Waals surface area contributed by atoms with Gasteiger partial charge in [0.15, 0.2) is 5.96 Å². The third-order valence-electron chi connectivity index (χ3n) is 3.00. The van der Waals surface area contributed by atoms with Gasteiger partial charge in [-0.2, -0.15) is 11.8 Å². The number of hydrogen-bond donors (Lipinski definition) is 3. The van der Waals surface area contributed by atoms with Gasteiger partial charge in [0.1, 0.15) is 5.82 Å². The zero-order chi connectivity index (χ0) is 14.9. The van der Waals surface area contributed by atoms with Crippen LogP contribution in [0.3, 0.4) is 0 Å². The minimum absolute atomic E-state index is 0. The van der Waals surface area contributed by atoms with E-state index in [4.69, 9.17) is 0 Å². The average Bonchev–Trinajstić information content (AvgIpc) is 2.90. The van der Waals surface area contributed by atoms with Crippen molar-refractivity contribution in [1.29, 1.82) is 0 Å². The topological polar surface area (TPSA) is 65.1 Å². The van der Waals surface area contributed by atoms with Gasteiger partial charge in [0.05, 0.1) is 17.6 Å². The summed E-state index contributed by atoms with van der Waals surface area (Å²) in [5.41, 5.74) is 2.11. The highest BCUT2D eigenvalue weighted by atomic mass is 127. The summed E-state index contributed by atoms with van der Waals surface area (Å²) in [6.07, 6.45) is 2.94. The standard InChI is InChI=1S/C15H23N5S.HI/c1-3-16-15(18-10-11-21-2)17-9-8-14-19-12-6-4-5-7-13(12)20-14;/h4-7H,3,8-11H2,1-2H3,(H,19,20)(H2,16,17,18);1H. The van der Waals surface area contributed by atoms with Crippen LogP contribution in [0.15, 0.2) is 29.3 Å². The molecule has 22 heavy (non-hydrogen) atoms. The molecule has 122 valence electrons. The Morgan fingerprint density at radius 3 is 2.86 bits per heavy atom. The highest BCUT2D eigenvalue weighted by molar-refractivity contribution is 14.0. The van der Waals surface area contributed by atoms with Crippen molar-refractivity contribution in [1.82, 2.24) is 20.6 Å². The Bertz CT molecular complexity index is 551. The maximum atomic E-state index is 4.57. The van der Waals surface area contributed by atoms with Crippen molar-refractivity contribution in [3.63, 3.8) is 0 Å². The van der Waals surface area contributed by atoms with Crippen LogP contribution in [0, 0.1) is 0 Å². The predicted molar refractivity (Wildman–Crippen MR) is 108 cm³/mol. The van der Waals surface area contributed by atoms with Gasteiger partial charge in [0.25, 0.3) is 0 Å². The van der Waals surface area contributed by atoms with Crippen LogP contribution in [0.25, 0.3) is 11.0 Å². The predicted octanol–water partition coefficient (Wildman–Crippen LogP) is 2.64. The van der Waals surface area contributed by atoms with Crippen LogP contribution >= 0.6 is 35.7 Å². The first-order valence-corrected chi connectivity index (χ1v) is 8.67. The molecule has 1 aromatic carbocycles. The average molecular weight is 433 g/mol. The normalized spacial score (nSPS) is 11.3. The largest absolute Gasteiger partial charge is 0.357 e. The molecular weight excluding hydrogens is 409 g/mol. The van der Waals surface area contributed by atoms with Crippen LogP contribution in [0.2, 0.25) is 0 Å². The number of aromatic nitrogens is 2. The molecule has 0 radical (unpaired) electrons. The third-order valence-corrected chi connectivity index (χ3v) is 3.59. The fourth-order valence-electron chi connectivity index (χ4n) is 2.01. The fraction of sp³-hybridized carbons (Fsp3) is 0.467. The van der Waals surface area contributed by atoms with Crippen molar-refractivity contribution in [3.05, 3.63) is 30.1 Å². The van der Waals surface area contributed by atoms with Gasteiger partial charge < -0.3 is 15.6 Å². The van der Waals surface area contributed by atoms with Crippen molar-refractivity contribution in [2.75, 3.05) is 31.6 Å². The van der Waals surface area contributed by atoms with E-state index in [2.05, 4.69) is 38.8 Å². The third kappa shape index (κ3) is 6.04. The monoisotopic (exact) mass is 433 g/mol. The lowest BCUT2D eigenvalue weighted by Gasteiger charge is -2.10. The summed E-state index contributed by atoms with van der Waals surface area (Å²) in [6.45, 7) is 4.59. The number of hydrogen-bond acceptors (Lipinski definition) is 3. The number of aliphatic imine (C=N–C) groups is 1. The van der Waals surface area contributed by atoms with Gasteiger partial charge in [0.2, 0.25) is 0 Å². The summed E-state index contributed by atoms with van der Waals surface area (Å²) in [7, 11) is 0. The number of aromatic amines is 1. The van der Waals surface area contributed by atoms with E-state index in [1.807, 2.05) is 36.0 Å². The molecule has 1 aromatic heterocycles. The molecule has 0 aliphatic carbocycles.